The van der Waals surface area contributed by atoms with E-state index in [1.807, 2.05) is 24.0 Å². The van der Waals surface area contributed by atoms with Crippen LogP contribution in [0.5, 0.6) is 0 Å². The number of carbonyl (C=O) groups excluding carboxylic acids is 1. The molecule has 4 heterocycles. The first kappa shape index (κ1) is 20.0. The number of ether oxygens (including phenoxy) is 2. The first-order valence-corrected chi connectivity index (χ1v) is 10.2. The zero-order valence-electron chi connectivity index (χ0n) is 17.1. The maximum atomic E-state index is 12.8. The van der Waals surface area contributed by atoms with Crippen LogP contribution in [0.3, 0.4) is 0 Å². The van der Waals surface area contributed by atoms with Gasteiger partial charge >= 0.3 is 0 Å². The van der Waals surface area contributed by atoms with E-state index in [2.05, 4.69) is 15.1 Å². The maximum absolute atomic E-state index is 12.8. The molecule has 2 aromatic rings. The minimum Gasteiger partial charge on any atom is -0.375 e. The number of rotatable bonds is 5. The third kappa shape index (κ3) is 4.48. The number of methoxy groups -OCH3 is 1. The van der Waals surface area contributed by atoms with Crippen molar-refractivity contribution in [2.75, 3.05) is 26.8 Å². The number of likely N-dealkylation sites (tertiary alicyclic amines) is 1. The molecule has 8 heteroatoms. The summed E-state index contributed by atoms with van der Waals surface area (Å²) < 4.78 is 16.5. The molecule has 0 aromatic carbocycles. The molecule has 0 saturated carbocycles. The van der Waals surface area contributed by atoms with Gasteiger partial charge in [0, 0.05) is 39.4 Å². The van der Waals surface area contributed by atoms with Crippen LogP contribution in [0, 0.1) is 12.8 Å². The molecule has 0 bridgehead atoms. The van der Waals surface area contributed by atoms with Crippen molar-refractivity contribution < 1.29 is 18.8 Å². The van der Waals surface area contributed by atoms with Gasteiger partial charge in [0.2, 0.25) is 0 Å². The Labute approximate surface area is 170 Å². The fraction of sp³-hybridized carbons (Fsp3) is 0.619. The number of aryl methyl sites for hydroxylation is 1. The minimum atomic E-state index is -0.155. The second-order valence-electron chi connectivity index (χ2n) is 8.09. The SMILES string of the molecule is COCc1nc(CC2CCOC3(CCN(C(=O)c4ncccc4C)CC3)C2)no1. The summed E-state index contributed by atoms with van der Waals surface area (Å²) in [5.41, 5.74) is 1.31. The summed E-state index contributed by atoms with van der Waals surface area (Å²) in [5.74, 6) is 1.72. The molecule has 2 aromatic heterocycles. The van der Waals surface area contributed by atoms with Crippen molar-refractivity contribution in [1.82, 2.24) is 20.0 Å². The van der Waals surface area contributed by atoms with Gasteiger partial charge in [-0.3, -0.25) is 9.78 Å². The lowest BCUT2D eigenvalue weighted by Crippen LogP contribution is -2.51. The van der Waals surface area contributed by atoms with Gasteiger partial charge in [-0.1, -0.05) is 11.2 Å². The largest absolute Gasteiger partial charge is 0.375 e. The Balaban J connectivity index is 1.35. The van der Waals surface area contributed by atoms with E-state index in [0.29, 0.717) is 37.2 Å². The van der Waals surface area contributed by atoms with Crippen LogP contribution >= 0.6 is 0 Å². The van der Waals surface area contributed by atoms with Gasteiger partial charge in [-0.25, -0.2) is 0 Å². The number of hydrogen-bond acceptors (Lipinski definition) is 7. The Morgan fingerprint density at radius 2 is 2.21 bits per heavy atom. The monoisotopic (exact) mass is 400 g/mol. The quantitative estimate of drug-likeness (QED) is 0.762. The topological polar surface area (TPSA) is 90.6 Å². The van der Waals surface area contributed by atoms with Crippen molar-refractivity contribution in [3.63, 3.8) is 0 Å². The fourth-order valence-electron chi connectivity index (χ4n) is 4.44. The van der Waals surface area contributed by atoms with Crippen molar-refractivity contribution in [2.45, 2.75) is 51.2 Å². The molecule has 2 aliphatic rings. The maximum Gasteiger partial charge on any atom is 0.272 e. The van der Waals surface area contributed by atoms with E-state index in [1.54, 1.807) is 13.3 Å². The summed E-state index contributed by atoms with van der Waals surface area (Å²) in [6, 6.07) is 3.78. The van der Waals surface area contributed by atoms with Gasteiger partial charge in [0.25, 0.3) is 11.8 Å². The third-order valence-corrected chi connectivity index (χ3v) is 6.02. The van der Waals surface area contributed by atoms with Crippen molar-refractivity contribution in [3.05, 3.63) is 41.3 Å². The van der Waals surface area contributed by atoms with Crippen LogP contribution in [-0.4, -0.2) is 58.3 Å². The molecular formula is C21H28N4O4. The van der Waals surface area contributed by atoms with Gasteiger partial charge in [0.1, 0.15) is 12.3 Å². The van der Waals surface area contributed by atoms with Crippen LogP contribution in [0.1, 0.15) is 53.5 Å². The van der Waals surface area contributed by atoms with Crippen LogP contribution in [0.4, 0.5) is 0 Å². The van der Waals surface area contributed by atoms with Crippen LogP contribution in [-0.2, 0) is 22.5 Å². The molecule has 156 valence electrons. The molecule has 1 spiro atoms. The van der Waals surface area contributed by atoms with E-state index < -0.39 is 0 Å². The van der Waals surface area contributed by atoms with E-state index >= 15 is 0 Å². The standard InChI is InChI=1S/C21H28N4O4/c1-15-4-3-8-22-19(15)20(26)25-9-6-21(7-10-25)13-16(5-11-28-21)12-17-23-18(14-27-2)29-24-17/h3-4,8,16H,5-7,9-14H2,1-2H3. The molecule has 2 fully saturated rings. The van der Waals surface area contributed by atoms with Gasteiger partial charge < -0.3 is 18.9 Å². The lowest BCUT2D eigenvalue weighted by molar-refractivity contribution is -0.123. The second-order valence-corrected chi connectivity index (χ2v) is 8.09. The smallest absolute Gasteiger partial charge is 0.272 e. The number of nitrogens with zero attached hydrogens (tertiary/aromatic N) is 4. The van der Waals surface area contributed by atoms with Crippen molar-refractivity contribution in [3.8, 4) is 0 Å². The summed E-state index contributed by atoms with van der Waals surface area (Å²) in [6.07, 6.45) is 6.12. The van der Waals surface area contributed by atoms with E-state index in [4.69, 9.17) is 14.0 Å². The molecule has 2 aliphatic heterocycles. The molecular weight excluding hydrogens is 372 g/mol. The Hall–Kier alpha value is -2.32. The summed E-state index contributed by atoms with van der Waals surface area (Å²) in [4.78, 5) is 23.4. The van der Waals surface area contributed by atoms with E-state index in [-0.39, 0.29) is 11.5 Å². The van der Waals surface area contributed by atoms with Crippen LogP contribution < -0.4 is 0 Å². The first-order valence-electron chi connectivity index (χ1n) is 10.2. The molecule has 1 amide bonds. The Kier molecular flexibility index (Phi) is 5.91. The summed E-state index contributed by atoms with van der Waals surface area (Å²) >= 11 is 0. The highest BCUT2D eigenvalue weighted by atomic mass is 16.5. The summed E-state index contributed by atoms with van der Waals surface area (Å²) in [5, 5.41) is 4.07. The summed E-state index contributed by atoms with van der Waals surface area (Å²) in [7, 11) is 1.61. The highest BCUT2D eigenvalue weighted by Gasteiger charge is 2.41. The number of pyridine rings is 1. The number of amides is 1. The molecule has 8 nitrogen and oxygen atoms in total. The van der Waals surface area contributed by atoms with E-state index in [9.17, 15) is 4.79 Å². The molecule has 0 aliphatic carbocycles. The van der Waals surface area contributed by atoms with Crippen molar-refractivity contribution in [2.24, 2.45) is 5.92 Å². The number of hydrogen-bond donors (Lipinski definition) is 0. The predicted molar refractivity (Wildman–Crippen MR) is 104 cm³/mol. The highest BCUT2D eigenvalue weighted by molar-refractivity contribution is 5.93. The number of aromatic nitrogens is 3. The second kappa shape index (κ2) is 8.59. The normalized spacial score (nSPS) is 21.4. The van der Waals surface area contributed by atoms with E-state index in [1.165, 1.54) is 0 Å². The average Bonchev–Trinajstić information content (AvgIpc) is 3.16. The van der Waals surface area contributed by atoms with E-state index in [0.717, 1.165) is 50.1 Å². The Bertz CT molecular complexity index is 845. The molecule has 29 heavy (non-hydrogen) atoms. The molecule has 1 atom stereocenters. The third-order valence-electron chi connectivity index (χ3n) is 6.02. The molecule has 1 unspecified atom stereocenters. The molecule has 2 saturated heterocycles. The minimum absolute atomic E-state index is 0.0165. The van der Waals surface area contributed by atoms with Crippen LogP contribution in [0.15, 0.2) is 22.9 Å². The Morgan fingerprint density at radius 1 is 1.38 bits per heavy atom. The molecule has 0 radical (unpaired) electrons. The van der Waals surface area contributed by atoms with Crippen LogP contribution in [0.25, 0.3) is 0 Å². The van der Waals surface area contributed by atoms with Crippen molar-refractivity contribution in [1.29, 1.82) is 0 Å². The highest BCUT2D eigenvalue weighted by Crippen LogP contribution is 2.38. The molecule has 0 N–H and O–H groups in total. The van der Waals surface area contributed by atoms with Gasteiger partial charge in [-0.15, -0.1) is 0 Å². The zero-order chi connectivity index (χ0) is 20.3. The lowest BCUT2D eigenvalue weighted by Gasteiger charge is -2.46. The molecule has 4 rings (SSSR count). The average molecular weight is 400 g/mol. The lowest BCUT2D eigenvalue weighted by atomic mass is 9.78. The number of piperidine rings is 1. The first-order chi connectivity index (χ1) is 14.1. The zero-order valence-corrected chi connectivity index (χ0v) is 17.1. The predicted octanol–water partition coefficient (Wildman–Crippen LogP) is 2.56. The van der Waals surface area contributed by atoms with Gasteiger partial charge in [-0.05, 0) is 50.2 Å². The Morgan fingerprint density at radius 3 is 2.97 bits per heavy atom. The van der Waals surface area contributed by atoms with Gasteiger partial charge in [0.05, 0.1) is 5.60 Å². The number of carbonyl (C=O) groups is 1. The summed E-state index contributed by atoms with van der Waals surface area (Å²) in [6.45, 7) is 4.39. The van der Waals surface area contributed by atoms with Gasteiger partial charge in [-0.2, -0.15) is 4.98 Å². The van der Waals surface area contributed by atoms with Gasteiger partial charge in [0.15, 0.2) is 5.82 Å². The van der Waals surface area contributed by atoms with Crippen LogP contribution in [0.2, 0.25) is 0 Å². The van der Waals surface area contributed by atoms with Crippen molar-refractivity contribution >= 4 is 5.91 Å². The fourth-order valence-corrected chi connectivity index (χ4v) is 4.44.